The fourth-order valence-corrected chi connectivity index (χ4v) is 3.16. The highest BCUT2D eigenvalue weighted by molar-refractivity contribution is 5.96. The summed E-state index contributed by atoms with van der Waals surface area (Å²) in [7, 11) is 1.34. The monoisotopic (exact) mass is 393 g/mol. The number of benzene rings is 2. The van der Waals surface area contributed by atoms with Crippen molar-refractivity contribution in [3.05, 3.63) is 70.3 Å². The van der Waals surface area contributed by atoms with Crippen molar-refractivity contribution < 1.29 is 14.1 Å². The predicted octanol–water partition coefficient (Wildman–Crippen LogP) is 4.73. The molecule has 8 nitrogen and oxygen atoms in total. The predicted molar refractivity (Wildman–Crippen MR) is 107 cm³/mol. The number of nitro groups is 1. The Morgan fingerprint density at radius 2 is 2.10 bits per heavy atom. The number of fused-ring (bicyclic) bond motifs is 1. The Kier molecular flexibility index (Phi) is 4.55. The molecule has 0 radical (unpaired) electrons. The molecule has 0 atom stereocenters. The van der Waals surface area contributed by atoms with E-state index >= 15 is 0 Å². The van der Waals surface area contributed by atoms with E-state index in [1.807, 2.05) is 31.3 Å². The lowest BCUT2D eigenvalue weighted by Gasteiger charge is -2.11. The van der Waals surface area contributed by atoms with Crippen molar-refractivity contribution in [2.45, 2.75) is 6.92 Å². The molecular weight excluding hydrogens is 377 g/mol. The number of rotatable bonds is 5. The lowest BCUT2D eigenvalue weighted by molar-refractivity contribution is -0.387. The molecule has 0 unspecified atom stereocenters. The minimum Gasteiger partial charge on any atom is -0.494 e. The molecule has 0 fully saturated rings. The molecule has 0 aliphatic rings. The molecule has 0 spiro atoms. The summed E-state index contributed by atoms with van der Waals surface area (Å²) in [6, 6.07) is 9.75. The molecule has 0 aliphatic heterocycles. The molecular formula is C20H16FN5O3. The second kappa shape index (κ2) is 7.19. The summed E-state index contributed by atoms with van der Waals surface area (Å²) in [6.45, 7) is 2.02. The molecule has 4 aromatic rings. The molecule has 0 amide bonds. The summed E-state index contributed by atoms with van der Waals surface area (Å²) in [4.78, 5) is 22.2. The molecule has 29 heavy (non-hydrogen) atoms. The van der Waals surface area contributed by atoms with Gasteiger partial charge in [0.05, 0.1) is 23.4 Å². The van der Waals surface area contributed by atoms with Gasteiger partial charge in [-0.1, -0.05) is 18.2 Å². The van der Waals surface area contributed by atoms with Gasteiger partial charge < -0.3 is 15.0 Å². The van der Waals surface area contributed by atoms with Crippen LogP contribution >= 0.6 is 0 Å². The number of methoxy groups -OCH3 is 1. The minimum atomic E-state index is -0.985. The SMILES string of the molecule is COc1cc(F)c([N+](=O)[O-])cc1Nc1nccc(-c2c[nH]c3c(C)cccc23)n1. The summed E-state index contributed by atoms with van der Waals surface area (Å²) >= 11 is 0. The highest BCUT2D eigenvalue weighted by atomic mass is 19.1. The van der Waals surface area contributed by atoms with E-state index in [4.69, 9.17) is 4.74 Å². The number of nitro benzene ring substituents is 1. The van der Waals surface area contributed by atoms with Crippen molar-refractivity contribution in [1.29, 1.82) is 0 Å². The fourth-order valence-electron chi connectivity index (χ4n) is 3.16. The Morgan fingerprint density at radius 1 is 1.28 bits per heavy atom. The van der Waals surface area contributed by atoms with Gasteiger partial charge in [0.1, 0.15) is 5.75 Å². The van der Waals surface area contributed by atoms with Crippen molar-refractivity contribution in [1.82, 2.24) is 15.0 Å². The van der Waals surface area contributed by atoms with Crippen LogP contribution in [0.2, 0.25) is 0 Å². The van der Waals surface area contributed by atoms with Gasteiger partial charge in [-0.05, 0) is 18.6 Å². The van der Waals surface area contributed by atoms with Crippen LogP contribution < -0.4 is 10.1 Å². The van der Waals surface area contributed by atoms with Gasteiger partial charge in [0.15, 0.2) is 0 Å². The molecule has 0 saturated carbocycles. The van der Waals surface area contributed by atoms with E-state index in [-0.39, 0.29) is 17.4 Å². The lowest BCUT2D eigenvalue weighted by Crippen LogP contribution is -2.02. The molecule has 2 aromatic carbocycles. The third-order valence-electron chi connectivity index (χ3n) is 4.57. The number of halogens is 1. The Hall–Kier alpha value is -4.01. The number of ether oxygens (including phenoxy) is 1. The first-order chi connectivity index (χ1) is 14.0. The Morgan fingerprint density at radius 3 is 2.86 bits per heavy atom. The van der Waals surface area contributed by atoms with E-state index in [1.165, 1.54) is 7.11 Å². The van der Waals surface area contributed by atoms with Gasteiger partial charge in [0.25, 0.3) is 0 Å². The number of hydrogen-bond acceptors (Lipinski definition) is 6. The maximum Gasteiger partial charge on any atom is 0.307 e. The van der Waals surface area contributed by atoms with Crippen LogP contribution in [0.5, 0.6) is 5.75 Å². The zero-order valence-corrected chi connectivity index (χ0v) is 15.6. The summed E-state index contributed by atoms with van der Waals surface area (Å²) in [6.07, 6.45) is 3.44. The van der Waals surface area contributed by atoms with E-state index in [2.05, 4.69) is 20.3 Å². The average Bonchev–Trinajstić information content (AvgIpc) is 3.14. The van der Waals surface area contributed by atoms with Gasteiger partial charge in [-0.15, -0.1) is 0 Å². The van der Waals surface area contributed by atoms with Gasteiger partial charge in [-0.2, -0.15) is 4.39 Å². The number of aromatic nitrogens is 3. The van der Waals surface area contributed by atoms with Gasteiger partial charge in [-0.3, -0.25) is 10.1 Å². The maximum atomic E-state index is 13.9. The summed E-state index contributed by atoms with van der Waals surface area (Å²) < 4.78 is 19.0. The smallest absolute Gasteiger partial charge is 0.307 e. The first-order valence-electron chi connectivity index (χ1n) is 8.67. The van der Waals surface area contributed by atoms with E-state index in [0.29, 0.717) is 5.69 Å². The number of para-hydroxylation sites is 1. The van der Waals surface area contributed by atoms with Gasteiger partial charge >= 0.3 is 5.69 Å². The highest BCUT2D eigenvalue weighted by Gasteiger charge is 2.20. The second-order valence-electron chi connectivity index (χ2n) is 6.35. The summed E-state index contributed by atoms with van der Waals surface area (Å²) in [5, 5.41) is 14.9. The van der Waals surface area contributed by atoms with Crippen molar-refractivity contribution >= 4 is 28.2 Å². The number of aryl methyl sites for hydroxylation is 1. The molecule has 0 saturated heterocycles. The number of anilines is 2. The minimum absolute atomic E-state index is 0.102. The first-order valence-corrected chi connectivity index (χ1v) is 8.67. The summed E-state index contributed by atoms with van der Waals surface area (Å²) in [5.74, 6) is -0.685. The van der Waals surface area contributed by atoms with Crippen LogP contribution in [0.25, 0.3) is 22.2 Å². The topological polar surface area (TPSA) is 106 Å². The van der Waals surface area contributed by atoms with Crippen molar-refractivity contribution in [2.24, 2.45) is 0 Å². The number of H-pyrrole nitrogens is 1. The van der Waals surface area contributed by atoms with Crippen molar-refractivity contribution in [2.75, 3.05) is 12.4 Å². The number of nitrogens with zero attached hydrogens (tertiary/aromatic N) is 3. The fraction of sp³-hybridized carbons (Fsp3) is 0.100. The van der Waals surface area contributed by atoms with E-state index in [1.54, 1.807) is 12.3 Å². The Balaban J connectivity index is 1.74. The highest BCUT2D eigenvalue weighted by Crippen LogP contribution is 2.34. The standard InChI is InChI=1S/C20H16FN5O3/c1-11-4-3-5-12-13(10-23-19(11)12)15-6-7-22-20(24-15)25-16-9-17(26(27)28)14(21)8-18(16)29-2/h3-10,23H,1-2H3,(H,22,24,25). The molecule has 2 N–H and O–H groups in total. The Labute approximate surface area is 164 Å². The molecule has 0 aliphatic carbocycles. The van der Waals surface area contributed by atoms with Crippen LogP contribution in [-0.2, 0) is 0 Å². The first kappa shape index (κ1) is 18.4. The number of nitrogens with one attached hydrogen (secondary N) is 2. The zero-order valence-electron chi connectivity index (χ0n) is 15.6. The number of aromatic amines is 1. The van der Waals surface area contributed by atoms with E-state index in [0.717, 1.165) is 34.2 Å². The van der Waals surface area contributed by atoms with Crippen LogP contribution in [0, 0.1) is 22.9 Å². The third-order valence-corrected chi connectivity index (χ3v) is 4.57. The maximum absolute atomic E-state index is 13.9. The second-order valence-corrected chi connectivity index (χ2v) is 6.35. The van der Waals surface area contributed by atoms with Crippen LogP contribution in [0.3, 0.4) is 0 Å². The van der Waals surface area contributed by atoms with Gasteiger partial charge in [0, 0.05) is 41.0 Å². The lowest BCUT2D eigenvalue weighted by atomic mass is 10.1. The number of hydrogen-bond donors (Lipinski definition) is 2. The van der Waals surface area contributed by atoms with E-state index in [9.17, 15) is 14.5 Å². The van der Waals surface area contributed by atoms with Crippen LogP contribution in [0.1, 0.15) is 5.56 Å². The van der Waals surface area contributed by atoms with E-state index < -0.39 is 16.4 Å². The normalized spacial score (nSPS) is 10.9. The largest absolute Gasteiger partial charge is 0.494 e. The van der Waals surface area contributed by atoms with Crippen molar-refractivity contribution in [3.8, 4) is 17.0 Å². The van der Waals surface area contributed by atoms with Gasteiger partial charge in [0.2, 0.25) is 11.8 Å². The molecule has 2 heterocycles. The average molecular weight is 393 g/mol. The van der Waals surface area contributed by atoms with Crippen LogP contribution in [-0.4, -0.2) is 27.0 Å². The van der Waals surface area contributed by atoms with Gasteiger partial charge in [-0.25, -0.2) is 9.97 Å². The molecule has 146 valence electrons. The molecule has 2 aromatic heterocycles. The third kappa shape index (κ3) is 3.33. The molecule has 0 bridgehead atoms. The van der Waals surface area contributed by atoms with Crippen LogP contribution in [0.15, 0.2) is 48.8 Å². The molecule has 4 rings (SSSR count). The summed E-state index contributed by atoms with van der Waals surface area (Å²) in [5.41, 5.74) is 3.21. The van der Waals surface area contributed by atoms with Crippen molar-refractivity contribution in [3.63, 3.8) is 0 Å². The molecule has 9 heteroatoms. The quantitative estimate of drug-likeness (QED) is 0.375. The Bertz CT molecular complexity index is 1240. The van der Waals surface area contributed by atoms with Crippen LogP contribution in [0.4, 0.5) is 21.7 Å². The zero-order chi connectivity index (χ0) is 20.5.